The Kier molecular flexibility index (Phi) is 7.75. The van der Waals surface area contributed by atoms with Crippen molar-refractivity contribution in [3.05, 3.63) is 84.9 Å². The van der Waals surface area contributed by atoms with Crippen molar-refractivity contribution in [2.75, 3.05) is 13.7 Å². The maximum Gasteiger partial charge on any atom is 0.150 e. The molecule has 142 valence electrons. The average molecular weight is 364 g/mol. The first-order valence-corrected chi connectivity index (χ1v) is 9.45. The van der Waals surface area contributed by atoms with Crippen molar-refractivity contribution in [1.29, 1.82) is 0 Å². The molecule has 0 amide bonds. The van der Waals surface area contributed by atoms with E-state index in [1.54, 1.807) is 7.11 Å². The molecule has 27 heavy (non-hydrogen) atoms. The van der Waals surface area contributed by atoms with Gasteiger partial charge in [-0.2, -0.15) is 0 Å². The third-order valence-corrected chi connectivity index (χ3v) is 4.24. The molecule has 2 aromatic rings. The number of hydrogen-bond donors (Lipinski definition) is 1. The molecular formula is C24H29NO2. The Morgan fingerprint density at radius 2 is 1.96 bits per heavy atom. The molecule has 1 aromatic heterocycles. The van der Waals surface area contributed by atoms with Gasteiger partial charge in [-0.3, -0.25) is 0 Å². The van der Waals surface area contributed by atoms with Gasteiger partial charge in [-0.05, 0) is 25.0 Å². The Balaban J connectivity index is 0.000000614. The highest BCUT2D eigenvalue weighted by molar-refractivity contribution is 5.95. The zero-order chi connectivity index (χ0) is 19.6. The van der Waals surface area contributed by atoms with Gasteiger partial charge in [0.15, 0.2) is 5.76 Å². The van der Waals surface area contributed by atoms with Crippen molar-refractivity contribution < 1.29 is 9.15 Å². The molecule has 0 saturated heterocycles. The van der Waals surface area contributed by atoms with Crippen LogP contribution in [-0.4, -0.2) is 13.7 Å². The van der Waals surface area contributed by atoms with Crippen LogP contribution in [0.3, 0.4) is 0 Å². The first-order chi connectivity index (χ1) is 13.4. The van der Waals surface area contributed by atoms with Gasteiger partial charge in [0.1, 0.15) is 11.3 Å². The predicted molar refractivity (Wildman–Crippen MR) is 116 cm³/mol. The van der Waals surface area contributed by atoms with Gasteiger partial charge >= 0.3 is 0 Å². The smallest absolute Gasteiger partial charge is 0.150 e. The van der Waals surface area contributed by atoms with Gasteiger partial charge in [0.05, 0.1) is 12.8 Å². The number of methoxy groups -OCH3 is 1. The van der Waals surface area contributed by atoms with Gasteiger partial charge in [0.25, 0.3) is 0 Å². The van der Waals surface area contributed by atoms with Crippen LogP contribution in [0.4, 0.5) is 0 Å². The van der Waals surface area contributed by atoms with E-state index in [1.165, 1.54) is 0 Å². The zero-order valence-electron chi connectivity index (χ0n) is 16.5. The van der Waals surface area contributed by atoms with Gasteiger partial charge in [0, 0.05) is 23.1 Å². The minimum absolute atomic E-state index is 0.863. The van der Waals surface area contributed by atoms with E-state index in [1.807, 2.05) is 26.0 Å². The number of rotatable bonds is 3. The SMILES string of the molecule is C=C.CC.COC1=CC=CCC=C1c1cccc2cc(C3=CCCN3)oc12. The number of hydrogen-bond acceptors (Lipinski definition) is 3. The van der Waals surface area contributed by atoms with Crippen molar-refractivity contribution >= 4 is 22.2 Å². The van der Waals surface area contributed by atoms with Crippen LogP contribution in [0.5, 0.6) is 0 Å². The third kappa shape index (κ3) is 4.43. The van der Waals surface area contributed by atoms with Crippen LogP contribution < -0.4 is 5.32 Å². The Morgan fingerprint density at radius 3 is 2.67 bits per heavy atom. The van der Waals surface area contributed by atoms with Crippen LogP contribution >= 0.6 is 0 Å². The second-order valence-corrected chi connectivity index (χ2v) is 5.68. The molecule has 2 aliphatic rings. The quantitative estimate of drug-likeness (QED) is 0.635. The van der Waals surface area contributed by atoms with E-state index in [0.717, 1.165) is 58.7 Å². The Bertz CT molecular complexity index is 881. The molecule has 4 rings (SSSR count). The van der Waals surface area contributed by atoms with E-state index in [9.17, 15) is 0 Å². The number of nitrogens with one attached hydrogen (secondary N) is 1. The molecule has 3 heteroatoms. The Labute approximate surface area is 162 Å². The lowest BCUT2D eigenvalue weighted by atomic mass is 10.0. The first-order valence-electron chi connectivity index (χ1n) is 9.45. The largest absolute Gasteiger partial charge is 0.496 e. The van der Waals surface area contributed by atoms with Crippen LogP contribution in [0.2, 0.25) is 0 Å². The van der Waals surface area contributed by atoms with Gasteiger partial charge in [-0.25, -0.2) is 0 Å². The van der Waals surface area contributed by atoms with E-state index >= 15 is 0 Å². The molecular weight excluding hydrogens is 334 g/mol. The summed E-state index contributed by atoms with van der Waals surface area (Å²) >= 11 is 0. The normalized spacial score (nSPS) is 15.1. The molecule has 0 atom stereocenters. The van der Waals surface area contributed by atoms with Gasteiger partial charge < -0.3 is 14.5 Å². The minimum atomic E-state index is 0.863. The second kappa shape index (κ2) is 10.3. The molecule has 0 unspecified atom stereocenters. The van der Waals surface area contributed by atoms with E-state index in [-0.39, 0.29) is 0 Å². The standard InChI is InChI=1S/C20H19NO2.C2H6.C2H4/c1-22-18-11-4-2-3-8-15(18)16-9-5-7-14-13-19(23-20(14)16)17-10-6-12-21-17;2*1-2/h2,4-5,7-11,13,21H,3,6,12H2,1H3;1-2H3;1-2H2. The number of benzene rings is 1. The van der Waals surface area contributed by atoms with Crippen LogP contribution in [0.15, 0.2) is 78.0 Å². The summed E-state index contributed by atoms with van der Waals surface area (Å²) in [5, 5.41) is 4.48. The van der Waals surface area contributed by atoms with Crippen molar-refractivity contribution in [1.82, 2.24) is 5.32 Å². The maximum absolute atomic E-state index is 6.20. The topological polar surface area (TPSA) is 34.4 Å². The van der Waals surface area contributed by atoms with Crippen LogP contribution in [0, 0.1) is 0 Å². The third-order valence-electron chi connectivity index (χ3n) is 4.24. The summed E-state index contributed by atoms with van der Waals surface area (Å²) in [5.74, 6) is 1.77. The monoisotopic (exact) mass is 363 g/mol. The van der Waals surface area contributed by atoms with E-state index < -0.39 is 0 Å². The van der Waals surface area contributed by atoms with Gasteiger partial charge in [-0.15, -0.1) is 13.2 Å². The zero-order valence-corrected chi connectivity index (χ0v) is 16.5. The molecule has 0 fully saturated rings. The highest BCUT2D eigenvalue weighted by Gasteiger charge is 2.17. The van der Waals surface area contributed by atoms with Crippen molar-refractivity contribution in [2.45, 2.75) is 26.7 Å². The fourth-order valence-electron chi connectivity index (χ4n) is 3.12. The molecule has 3 nitrogen and oxygen atoms in total. The predicted octanol–water partition coefficient (Wildman–Crippen LogP) is 6.47. The Morgan fingerprint density at radius 1 is 1.15 bits per heavy atom. The van der Waals surface area contributed by atoms with Crippen molar-refractivity contribution in [3.8, 4) is 0 Å². The molecule has 1 aliphatic heterocycles. The fraction of sp³-hybridized carbons (Fsp3) is 0.250. The number of ether oxygens (including phenoxy) is 1. The molecule has 0 spiro atoms. The number of furan rings is 1. The van der Waals surface area contributed by atoms with Crippen LogP contribution in [-0.2, 0) is 4.74 Å². The summed E-state index contributed by atoms with van der Waals surface area (Å²) in [5.41, 5.74) is 4.15. The number of fused-ring (bicyclic) bond motifs is 1. The average Bonchev–Trinajstić information content (AvgIpc) is 3.35. The lowest BCUT2D eigenvalue weighted by Gasteiger charge is -2.11. The number of para-hydroxylation sites is 1. The van der Waals surface area contributed by atoms with Crippen molar-refractivity contribution in [2.24, 2.45) is 0 Å². The summed E-state index contributed by atoms with van der Waals surface area (Å²) in [7, 11) is 1.71. The van der Waals surface area contributed by atoms with E-state index in [0.29, 0.717) is 0 Å². The summed E-state index contributed by atoms with van der Waals surface area (Å²) in [6, 6.07) is 8.36. The summed E-state index contributed by atoms with van der Waals surface area (Å²) < 4.78 is 11.8. The minimum Gasteiger partial charge on any atom is -0.496 e. The van der Waals surface area contributed by atoms with Crippen molar-refractivity contribution in [3.63, 3.8) is 0 Å². The summed E-state index contributed by atoms with van der Waals surface area (Å²) in [4.78, 5) is 0. The van der Waals surface area contributed by atoms with Gasteiger partial charge in [0.2, 0.25) is 0 Å². The molecule has 1 aliphatic carbocycles. The second-order valence-electron chi connectivity index (χ2n) is 5.68. The number of allylic oxidation sites excluding steroid dienone is 5. The molecule has 0 radical (unpaired) electrons. The summed E-state index contributed by atoms with van der Waals surface area (Å²) in [6.45, 7) is 11.0. The first kappa shape index (κ1) is 20.4. The molecule has 2 heterocycles. The highest BCUT2D eigenvalue weighted by Crippen LogP contribution is 2.35. The fourth-order valence-corrected chi connectivity index (χ4v) is 3.12. The lowest BCUT2D eigenvalue weighted by Crippen LogP contribution is -2.05. The van der Waals surface area contributed by atoms with Crippen LogP contribution in [0.25, 0.3) is 22.2 Å². The molecule has 1 aromatic carbocycles. The highest BCUT2D eigenvalue weighted by atomic mass is 16.5. The Hall–Kier alpha value is -2.94. The molecule has 0 saturated carbocycles. The van der Waals surface area contributed by atoms with E-state index in [4.69, 9.17) is 9.15 Å². The molecule has 1 N–H and O–H groups in total. The van der Waals surface area contributed by atoms with Crippen LogP contribution in [0.1, 0.15) is 38.0 Å². The van der Waals surface area contributed by atoms with E-state index in [2.05, 4.69) is 61.0 Å². The maximum atomic E-state index is 6.20. The summed E-state index contributed by atoms with van der Waals surface area (Å²) in [6.07, 6.45) is 12.5. The molecule has 0 bridgehead atoms. The van der Waals surface area contributed by atoms with Gasteiger partial charge in [-0.1, -0.05) is 56.4 Å². The lowest BCUT2D eigenvalue weighted by molar-refractivity contribution is 0.311.